The Kier molecular flexibility index (Phi) is 5.75. The van der Waals surface area contributed by atoms with Crippen LogP contribution in [0.25, 0.3) is 0 Å². The molecule has 2 unspecified atom stereocenters. The molecule has 5 heteroatoms. The van der Waals surface area contributed by atoms with Gasteiger partial charge in [0.1, 0.15) is 17.8 Å². The maximum Gasteiger partial charge on any atom is 0.407 e. The molecule has 0 aliphatic rings. The van der Waals surface area contributed by atoms with E-state index >= 15 is 0 Å². The van der Waals surface area contributed by atoms with Gasteiger partial charge in [0.15, 0.2) is 0 Å². The lowest BCUT2D eigenvalue weighted by molar-refractivity contribution is 0.0126. The number of carbonyl (C=O) groups is 1. The third kappa shape index (κ3) is 5.36. The summed E-state index contributed by atoms with van der Waals surface area (Å²) in [4.78, 5) is 11.5. The van der Waals surface area contributed by atoms with Gasteiger partial charge in [-0.3, -0.25) is 0 Å². The molecule has 0 saturated carbocycles. The van der Waals surface area contributed by atoms with Gasteiger partial charge >= 0.3 is 6.09 Å². The van der Waals surface area contributed by atoms with E-state index in [9.17, 15) is 15.0 Å². The highest BCUT2D eigenvalue weighted by molar-refractivity contribution is 5.67. The lowest BCUT2D eigenvalue weighted by Gasteiger charge is -2.23. The molecule has 0 fully saturated rings. The molecule has 1 rings (SSSR count). The Labute approximate surface area is 125 Å². The van der Waals surface area contributed by atoms with Gasteiger partial charge in [-0.1, -0.05) is 18.2 Å². The Bertz CT molecular complexity index is 494. The van der Waals surface area contributed by atoms with Gasteiger partial charge in [0.25, 0.3) is 0 Å². The first-order valence-electron chi connectivity index (χ1n) is 7.01. The summed E-state index contributed by atoms with van der Waals surface area (Å²) in [6.45, 7) is 9.03. The van der Waals surface area contributed by atoms with E-state index in [0.717, 1.165) is 11.1 Å². The molecule has 0 spiro atoms. The summed E-state index contributed by atoms with van der Waals surface area (Å²) in [7, 11) is 0. The van der Waals surface area contributed by atoms with Crippen molar-refractivity contribution in [2.75, 3.05) is 6.54 Å². The van der Waals surface area contributed by atoms with E-state index in [1.165, 1.54) is 0 Å². The third-order valence-corrected chi connectivity index (χ3v) is 3.18. The minimum atomic E-state index is -1.10. The summed E-state index contributed by atoms with van der Waals surface area (Å²) < 4.78 is 5.07. The van der Waals surface area contributed by atoms with Crippen molar-refractivity contribution in [3.63, 3.8) is 0 Å². The van der Waals surface area contributed by atoms with Crippen LogP contribution < -0.4 is 5.32 Å². The average molecular weight is 295 g/mol. The van der Waals surface area contributed by atoms with Gasteiger partial charge < -0.3 is 20.3 Å². The molecule has 3 N–H and O–H groups in total. The minimum absolute atomic E-state index is 0.0799. The number of benzene rings is 1. The second-order valence-corrected chi connectivity index (χ2v) is 6.18. The molecule has 0 aliphatic carbocycles. The summed E-state index contributed by atoms with van der Waals surface area (Å²) in [6.07, 6.45) is -2.77. The molecular weight excluding hydrogens is 270 g/mol. The average Bonchev–Trinajstić information content (AvgIpc) is 2.36. The van der Waals surface area contributed by atoms with E-state index in [1.807, 2.05) is 26.0 Å². The van der Waals surface area contributed by atoms with Crippen molar-refractivity contribution >= 4 is 6.09 Å². The quantitative estimate of drug-likeness (QED) is 0.796. The number of alkyl carbamates (subject to hydrolysis) is 1. The van der Waals surface area contributed by atoms with Crippen LogP contribution in [0.4, 0.5) is 4.79 Å². The molecule has 1 aromatic carbocycles. The van der Waals surface area contributed by atoms with Crippen LogP contribution in [0.5, 0.6) is 0 Å². The topological polar surface area (TPSA) is 78.8 Å². The number of ether oxygens (including phenoxy) is 1. The third-order valence-electron chi connectivity index (χ3n) is 3.18. The zero-order chi connectivity index (χ0) is 16.2. The minimum Gasteiger partial charge on any atom is -0.444 e. The van der Waals surface area contributed by atoms with Crippen LogP contribution in [0.1, 0.15) is 43.6 Å². The van der Waals surface area contributed by atoms with Crippen LogP contribution in [0.3, 0.4) is 0 Å². The smallest absolute Gasteiger partial charge is 0.407 e. The highest BCUT2D eigenvalue weighted by atomic mass is 16.6. The first-order chi connectivity index (χ1) is 9.61. The molecule has 118 valence electrons. The van der Waals surface area contributed by atoms with Crippen molar-refractivity contribution in [3.05, 3.63) is 34.9 Å². The molecule has 0 bridgehead atoms. The number of aliphatic hydroxyl groups excluding tert-OH is 2. The van der Waals surface area contributed by atoms with Gasteiger partial charge in [0.2, 0.25) is 0 Å². The fraction of sp³-hybridized carbons (Fsp3) is 0.562. The van der Waals surface area contributed by atoms with E-state index in [4.69, 9.17) is 4.74 Å². The van der Waals surface area contributed by atoms with E-state index in [2.05, 4.69) is 5.32 Å². The molecular formula is C16H25NO4. The maximum atomic E-state index is 11.5. The summed E-state index contributed by atoms with van der Waals surface area (Å²) >= 11 is 0. The second kappa shape index (κ2) is 6.91. The Balaban J connectivity index is 2.61. The number of amides is 1. The van der Waals surface area contributed by atoms with Crippen molar-refractivity contribution < 1.29 is 19.7 Å². The van der Waals surface area contributed by atoms with Gasteiger partial charge in [-0.25, -0.2) is 4.79 Å². The summed E-state index contributed by atoms with van der Waals surface area (Å²) in [5, 5.41) is 22.7. The number of carbonyl (C=O) groups excluding carboxylic acids is 1. The van der Waals surface area contributed by atoms with Crippen LogP contribution in [-0.4, -0.2) is 34.6 Å². The fourth-order valence-corrected chi connectivity index (χ4v) is 1.92. The van der Waals surface area contributed by atoms with Crippen molar-refractivity contribution in [2.24, 2.45) is 0 Å². The SMILES string of the molecule is Cc1cccc(C(O)C(O)CNC(=O)OC(C)(C)C)c1C. The van der Waals surface area contributed by atoms with Crippen molar-refractivity contribution in [3.8, 4) is 0 Å². The predicted molar refractivity (Wildman–Crippen MR) is 81.1 cm³/mol. The Morgan fingerprint density at radius 2 is 1.90 bits per heavy atom. The number of aliphatic hydroxyl groups is 2. The maximum absolute atomic E-state index is 11.5. The van der Waals surface area contributed by atoms with Crippen LogP contribution in [-0.2, 0) is 4.74 Å². The number of nitrogens with one attached hydrogen (secondary N) is 1. The second-order valence-electron chi connectivity index (χ2n) is 6.18. The summed E-state index contributed by atoms with van der Waals surface area (Å²) in [6, 6.07) is 5.54. The molecule has 0 aromatic heterocycles. The first kappa shape index (κ1) is 17.5. The van der Waals surface area contributed by atoms with Gasteiger partial charge in [-0.15, -0.1) is 0 Å². The predicted octanol–water partition coefficient (Wildman–Crippen LogP) is 2.22. The zero-order valence-electron chi connectivity index (χ0n) is 13.3. The molecule has 0 aliphatic heterocycles. The van der Waals surface area contributed by atoms with Gasteiger partial charge in [-0.05, 0) is 51.3 Å². The Hall–Kier alpha value is -1.59. The highest BCUT2D eigenvalue weighted by Gasteiger charge is 2.22. The largest absolute Gasteiger partial charge is 0.444 e. The Morgan fingerprint density at radius 1 is 1.29 bits per heavy atom. The summed E-state index contributed by atoms with van der Waals surface area (Å²) in [5.41, 5.74) is 2.04. The molecule has 2 atom stereocenters. The molecule has 5 nitrogen and oxygen atoms in total. The Morgan fingerprint density at radius 3 is 2.48 bits per heavy atom. The lowest BCUT2D eigenvalue weighted by atomic mass is 9.96. The molecule has 21 heavy (non-hydrogen) atoms. The standard InChI is InChI=1S/C16H25NO4/c1-10-7-6-8-12(11(10)2)14(19)13(18)9-17-15(20)21-16(3,4)5/h6-8,13-14,18-19H,9H2,1-5H3,(H,17,20). The van der Waals surface area contributed by atoms with E-state index in [1.54, 1.807) is 26.8 Å². The normalized spacial score (nSPS) is 14.4. The van der Waals surface area contributed by atoms with E-state index in [-0.39, 0.29) is 6.54 Å². The van der Waals surface area contributed by atoms with E-state index in [0.29, 0.717) is 5.56 Å². The van der Waals surface area contributed by atoms with Crippen molar-refractivity contribution in [1.29, 1.82) is 0 Å². The van der Waals surface area contributed by atoms with E-state index < -0.39 is 23.9 Å². The highest BCUT2D eigenvalue weighted by Crippen LogP contribution is 2.22. The molecule has 0 saturated heterocycles. The number of rotatable bonds is 4. The molecule has 0 radical (unpaired) electrons. The number of hydrogen-bond acceptors (Lipinski definition) is 4. The lowest BCUT2D eigenvalue weighted by Crippen LogP contribution is -2.39. The zero-order valence-corrected chi connectivity index (χ0v) is 13.3. The van der Waals surface area contributed by atoms with Gasteiger partial charge in [0.05, 0.1) is 0 Å². The van der Waals surface area contributed by atoms with Gasteiger partial charge in [0, 0.05) is 6.54 Å². The number of aryl methyl sites for hydroxylation is 1. The molecule has 1 amide bonds. The van der Waals surface area contributed by atoms with Crippen LogP contribution in [0, 0.1) is 13.8 Å². The monoisotopic (exact) mass is 295 g/mol. The number of hydrogen-bond donors (Lipinski definition) is 3. The molecule has 0 heterocycles. The van der Waals surface area contributed by atoms with Crippen molar-refractivity contribution in [1.82, 2.24) is 5.32 Å². The van der Waals surface area contributed by atoms with Crippen molar-refractivity contribution in [2.45, 2.75) is 52.4 Å². The first-order valence-corrected chi connectivity index (χ1v) is 7.01. The fourth-order valence-electron chi connectivity index (χ4n) is 1.92. The van der Waals surface area contributed by atoms with Crippen LogP contribution >= 0.6 is 0 Å². The van der Waals surface area contributed by atoms with Crippen LogP contribution in [0.2, 0.25) is 0 Å². The summed E-state index contributed by atoms with van der Waals surface area (Å²) in [5.74, 6) is 0. The van der Waals surface area contributed by atoms with Gasteiger partial charge in [-0.2, -0.15) is 0 Å². The molecule has 1 aromatic rings. The van der Waals surface area contributed by atoms with Crippen LogP contribution in [0.15, 0.2) is 18.2 Å².